The summed E-state index contributed by atoms with van der Waals surface area (Å²) in [5.74, 6) is 3.23. The number of fused-ring (bicyclic) bond motifs is 3. The van der Waals surface area contributed by atoms with Crippen LogP contribution in [0, 0.1) is 35.3 Å². The molecule has 3 heteroatoms. The van der Waals surface area contributed by atoms with Crippen molar-refractivity contribution in [3.63, 3.8) is 0 Å². The molecule has 0 heterocycles. The van der Waals surface area contributed by atoms with Crippen molar-refractivity contribution < 1.29 is 49.0 Å². The van der Waals surface area contributed by atoms with Crippen LogP contribution in [0.5, 0.6) is 0 Å². The molecule has 0 aliphatic heterocycles. The third-order valence-corrected chi connectivity index (χ3v) is 9.65. The molecule has 0 amide bonds. The Labute approximate surface area is 262 Å². The summed E-state index contributed by atoms with van der Waals surface area (Å²) in [6.07, 6.45) is 20.6. The number of allylic oxidation sites excluding steroid dienone is 4. The molecule has 0 unspecified atom stereocenters. The van der Waals surface area contributed by atoms with Gasteiger partial charge in [-0.25, -0.2) is 6.08 Å². The maximum Gasteiger partial charge on any atom is -0.0253 e. The fourth-order valence-electron chi connectivity index (χ4n) is 7.96. The summed E-state index contributed by atoms with van der Waals surface area (Å²) in [4.78, 5) is 0. The van der Waals surface area contributed by atoms with Gasteiger partial charge in [-0.15, -0.1) is 12.0 Å². The normalized spacial score (nSPS) is 25.9. The van der Waals surface area contributed by atoms with E-state index in [4.69, 9.17) is 0 Å². The molecule has 6 aliphatic carbocycles. The topological polar surface area (TPSA) is 0 Å². The Kier molecular flexibility index (Phi) is 10.8. The van der Waals surface area contributed by atoms with Crippen molar-refractivity contribution in [2.75, 3.05) is 0 Å². The van der Waals surface area contributed by atoms with Gasteiger partial charge >= 0.3 is 70.3 Å². The van der Waals surface area contributed by atoms with Gasteiger partial charge in [0.05, 0.1) is 0 Å². The summed E-state index contributed by atoms with van der Waals surface area (Å²) in [5.41, 5.74) is 9.21. The Morgan fingerprint density at radius 1 is 0.795 bits per heavy atom. The van der Waals surface area contributed by atoms with Gasteiger partial charge < -0.3 is 24.8 Å². The second-order valence-corrected chi connectivity index (χ2v) is 12.7. The molecule has 0 spiro atoms. The fourth-order valence-corrected chi connectivity index (χ4v) is 8.54. The van der Waals surface area contributed by atoms with E-state index in [0.29, 0.717) is 5.41 Å². The average Bonchev–Trinajstić information content (AvgIpc) is 3.59. The first kappa shape index (κ1) is 30.4. The van der Waals surface area contributed by atoms with Gasteiger partial charge in [0, 0.05) is 0 Å². The monoisotopic (exact) mass is 628 g/mol. The third-order valence-electron chi connectivity index (χ3n) is 9.15. The molecule has 3 aromatic carbocycles. The standard InChI is InChI=1S/C15H19.C13H9.C8H8.2ClH.Zr/c1-2-4-14(3-1)15-8-11-5-12(9-15)7-13(6-11)10-15;1-3-7-12-10(5-1)9-11-6-2-4-8-13(11)12;1-2-8-6-4-3-5-7-8;;;/h3-4,11-13H,1,5-10H2;1-5,7-8H,9H2;1,3-7H,2H2;2*1H;/q2*-1;;;;+2/p-2. The van der Waals surface area contributed by atoms with Crippen molar-refractivity contribution in [2.24, 2.45) is 23.2 Å². The first-order valence-corrected chi connectivity index (χ1v) is 15.5. The average molecular weight is 631 g/mol. The second kappa shape index (κ2) is 13.9. The summed E-state index contributed by atoms with van der Waals surface area (Å²) in [6.45, 7) is 0. The molecule has 0 radical (unpaired) electrons. The molecule has 0 nitrogen and oxygen atoms in total. The van der Waals surface area contributed by atoms with Gasteiger partial charge in [-0.3, -0.25) is 6.08 Å². The van der Waals surface area contributed by atoms with E-state index in [1.54, 1.807) is 24.8 Å². The van der Waals surface area contributed by atoms with E-state index in [1.807, 2.05) is 12.1 Å². The van der Waals surface area contributed by atoms with Crippen LogP contribution in [-0.2, 0) is 37.1 Å². The van der Waals surface area contributed by atoms with Gasteiger partial charge in [0.15, 0.2) is 0 Å². The molecule has 0 N–H and O–H groups in total. The Balaban J connectivity index is 0.000000137. The van der Waals surface area contributed by atoms with Crippen molar-refractivity contribution in [2.45, 2.75) is 57.8 Å². The number of halogens is 2. The number of hydrogen-bond donors (Lipinski definition) is 0. The smallest absolute Gasteiger partial charge is 0.0253 e. The largest absolute Gasteiger partial charge is 0.179 e. The number of rotatable bonds is 3. The Morgan fingerprint density at radius 3 is 2.08 bits per heavy atom. The Hall–Kier alpha value is -1.53. The van der Waals surface area contributed by atoms with Crippen molar-refractivity contribution >= 4 is 3.71 Å². The third kappa shape index (κ3) is 6.86. The molecule has 0 saturated heterocycles. The van der Waals surface area contributed by atoms with E-state index in [0.717, 1.165) is 37.0 Å². The molecule has 4 bridgehead atoms. The molecule has 200 valence electrons. The van der Waals surface area contributed by atoms with Crippen molar-refractivity contribution in [1.82, 2.24) is 0 Å². The molecular weight excluding hydrogens is 595 g/mol. The quantitative estimate of drug-likeness (QED) is 0.306. The minimum absolute atomic E-state index is 0. The van der Waals surface area contributed by atoms with E-state index in [2.05, 4.69) is 88.7 Å². The maximum atomic E-state index is 3.38. The van der Waals surface area contributed by atoms with E-state index >= 15 is 0 Å². The summed E-state index contributed by atoms with van der Waals surface area (Å²) in [7, 11) is 0. The van der Waals surface area contributed by atoms with Gasteiger partial charge in [0.25, 0.3) is 0 Å². The van der Waals surface area contributed by atoms with Gasteiger partial charge in [0.2, 0.25) is 0 Å². The minimum atomic E-state index is 0. The molecule has 4 fully saturated rings. The van der Waals surface area contributed by atoms with Crippen LogP contribution >= 0.6 is 0 Å². The first-order valence-electron chi connectivity index (χ1n) is 14.1. The molecule has 4 saturated carbocycles. The Morgan fingerprint density at radius 2 is 1.44 bits per heavy atom. The summed E-state index contributed by atoms with van der Waals surface area (Å²) in [5, 5.41) is 0. The van der Waals surface area contributed by atoms with Crippen molar-refractivity contribution in [1.29, 1.82) is 0 Å². The summed E-state index contributed by atoms with van der Waals surface area (Å²) >= 11 is 1.51. The zero-order chi connectivity index (χ0) is 25.1. The zero-order valence-corrected chi connectivity index (χ0v) is 26.5. The molecular formula is C36H36Cl2Zr-2. The molecule has 6 aliphatic rings. The van der Waals surface area contributed by atoms with Crippen molar-refractivity contribution in [3.05, 3.63) is 119 Å². The van der Waals surface area contributed by atoms with E-state index in [-0.39, 0.29) is 24.8 Å². The predicted molar refractivity (Wildman–Crippen MR) is 151 cm³/mol. The van der Waals surface area contributed by atoms with Crippen LogP contribution in [0.4, 0.5) is 0 Å². The number of benzene rings is 3. The maximum absolute atomic E-state index is 3.38. The van der Waals surface area contributed by atoms with Gasteiger partial charge in [0.1, 0.15) is 0 Å². The molecule has 3 aromatic rings. The minimum Gasteiger partial charge on any atom is -0.179 e. The molecule has 9 rings (SSSR count). The van der Waals surface area contributed by atoms with Crippen LogP contribution in [0.3, 0.4) is 0 Å². The summed E-state index contributed by atoms with van der Waals surface area (Å²) in [6, 6.07) is 28.6. The van der Waals surface area contributed by atoms with E-state index in [1.165, 1.54) is 71.3 Å². The molecule has 0 atom stereocenters. The van der Waals surface area contributed by atoms with Crippen LogP contribution in [0.1, 0.15) is 61.6 Å². The van der Waals surface area contributed by atoms with Crippen molar-refractivity contribution in [3.8, 4) is 11.1 Å². The van der Waals surface area contributed by atoms with Gasteiger partial charge in [-0.1, -0.05) is 60.1 Å². The van der Waals surface area contributed by atoms with Crippen LogP contribution < -0.4 is 24.8 Å². The van der Waals surface area contributed by atoms with Crippen LogP contribution in [0.15, 0.2) is 90.5 Å². The second-order valence-electron chi connectivity index (χ2n) is 11.7. The zero-order valence-electron chi connectivity index (χ0n) is 22.5. The van der Waals surface area contributed by atoms with Crippen LogP contribution in [-0.4, -0.2) is 3.71 Å². The number of hydrogen-bond acceptors (Lipinski definition) is 0. The van der Waals surface area contributed by atoms with Crippen LogP contribution in [0.2, 0.25) is 0 Å². The van der Waals surface area contributed by atoms with E-state index in [9.17, 15) is 0 Å². The predicted octanol–water partition coefficient (Wildman–Crippen LogP) is 2.54. The fraction of sp³-hybridized carbons (Fsp3) is 0.361. The van der Waals surface area contributed by atoms with Crippen LogP contribution in [0.25, 0.3) is 11.1 Å². The first-order chi connectivity index (χ1) is 18.2. The van der Waals surface area contributed by atoms with E-state index < -0.39 is 0 Å². The van der Waals surface area contributed by atoms with Gasteiger partial charge in [-0.05, 0) is 43.4 Å². The Bertz CT molecular complexity index is 1230. The van der Waals surface area contributed by atoms with Gasteiger partial charge in [-0.2, -0.15) is 41.5 Å². The SMILES string of the molecule is [C-]1=CC(C23CC4CC(CC(C4)C2)C3)=CC1.[Cl-].[Cl-].[Zr+2]=[CH]Cc1ccccc1.[c-]1cccc2c1Cc1ccccc1-2. The molecule has 39 heavy (non-hydrogen) atoms. The molecule has 0 aromatic heterocycles. The summed E-state index contributed by atoms with van der Waals surface area (Å²) < 4.78 is 2.25.